The normalized spacial score (nSPS) is 24.4. The molecule has 1 aromatic heterocycles. The van der Waals surface area contributed by atoms with Crippen LogP contribution in [0.25, 0.3) is 0 Å². The maximum Gasteiger partial charge on any atom is 0.189 e. The van der Waals surface area contributed by atoms with Crippen molar-refractivity contribution in [2.45, 2.75) is 45.2 Å². The van der Waals surface area contributed by atoms with Crippen LogP contribution in [0.3, 0.4) is 0 Å². The molecule has 19 heavy (non-hydrogen) atoms. The topological polar surface area (TPSA) is 83.5 Å². The zero-order valence-corrected chi connectivity index (χ0v) is 11.3. The van der Waals surface area contributed by atoms with E-state index in [1.165, 1.54) is 25.7 Å². The fourth-order valence-electron chi connectivity index (χ4n) is 2.58. The van der Waals surface area contributed by atoms with Crippen molar-refractivity contribution in [3.05, 3.63) is 29.6 Å². The summed E-state index contributed by atoms with van der Waals surface area (Å²) in [6.07, 6.45) is 6.68. The Bertz CT molecular complexity index is 439. The molecule has 1 aliphatic carbocycles. The van der Waals surface area contributed by atoms with Crippen LogP contribution in [0.4, 0.5) is 0 Å². The molecule has 1 aromatic rings. The summed E-state index contributed by atoms with van der Waals surface area (Å²) >= 11 is 0. The van der Waals surface area contributed by atoms with Crippen LogP contribution in [0.2, 0.25) is 0 Å². The van der Waals surface area contributed by atoms with E-state index in [0.717, 1.165) is 11.5 Å². The number of nitrogens with zero attached hydrogens (tertiary/aromatic N) is 2. The molecular weight excluding hydrogens is 240 g/mol. The Balaban J connectivity index is 1.96. The van der Waals surface area contributed by atoms with E-state index < -0.39 is 0 Å². The van der Waals surface area contributed by atoms with Gasteiger partial charge < -0.3 is 16.3 Å². The number of oxime groups is 1. The second-order valence-electron chi connectivity index (χ2n) is 5.33. The number of nitrogens with one attached hydrogen (secondary N) is 1. The van der Waals surface area contributed by atoms with Gasteiger partial charge in [-0.2, -0.15) is 0 Å². The molecule has 2 rings (SSSR count). The molecule has 0 saturated heterocycles. The minimum absolute atomic E-state index is 0.0645. The highest BCUT2D eigenvalue weighted by Crippen LogP contribution is 2.23. The highest BCUT2D eigenvalue weighted by molar-refractivity contribution is 5.96. The van der Waals surface area contributed by atoms with Crippen LogP contribution in [0, 0.1) is 5.92 Å². The van der Waals surface area contributed by atoms with Crippen molar-refractivity contribution in [2.75, 3.05) is 0 Å². The lowest BCUT2D eigenvalue weighted by molar-refractivity contribution is 0.306. The van der Waals surface area contributed by atoms with Gasteiger partial charge in [0.2, 0.25) is 0 Å². The fourth-order valence-corrected chi connectivity index (χ4v) is 2.58. The van der Waals surface area contributed by atoms with Crippen molar-refractivity contribution >= 4 is 5.84 Å². The van der Waals surface area contributed by atoms with E-state index in [1.807, 2.05) is 12.1 Å². The molecule has 0 amide bonds. The predicted molar refractivity (Wildman–Crippen MR) is 75.0 cm³/mol. The Kier molecular flexibility index (Phi) is 4.74. The number of pyridine rings is 1. The van der Waals surface area contributed by atoms with E-state index in [1.54, 1.807) is 6.20 Å². The third-order valence-electron chi connectivity index (χ3n) is 3.84. The van der Waals surface area contributed by atoms with Gasteiger partial charge in [0.15, 0.2) is 5.84 Å². The minimum atomic E-state index is 0.0645. The summed E-state index contributed by atoms with van der Waals surface area (Å²) in [6.45, 7) is 3.02. The average molecular weight is 262 g/mol. The van der Waals surface area contributed by atoms with Gasteiger partial charge >= 0.3 is 0 Å². The fraction of sp³-hybridized carbons (Fsp3) is 0.571. The van der Waals surface area contributed by atoms with Crippen molar-refractivity contribution in [1.82, 2.24) is 10.3 Å². The molecule has 5 nitrogen and oxygen atoms in total. The summed E-state index contributed by atoms with van der Waals surface area (Å²) in [5.41, 5.74) is 7.16. The molecular formula is C14H22N4O. The Morgan fingerprint density at radius 2 is 2.21 bits per heavy atom. The van der Waals surface area contributed by atoms with Crippen molar-refractivity contribution in [3.8, 4) is 0 Å². The molecule has 1 fully saturated rings. The number of amidine groups is 1. The summed E-state index contributed by atoms with van der Waals surface area (Å²) in [7, 11) is 0. The predicted octanol–water partition coefficient (Wildman–Crippen LogP) is 1.84. The molecule has 0 radical (unpaired) electrons. The van der Waals surface area contributed by atoms with Crippen molar-refractivity contribution in [3.63, 3.8) is 0 Å². The summed E-state index contributed by atoms with van der Waals surface area (Å²) in [4.78, 5) is 4.17. The second kappa shape index (κ2) is 6.52. The molecule has 1 aliphatic rings. The zero-order chi connectivity index (χ0) is 13.7. The van der Waals surface area contributed by atoms with Crippen LogP contribution in [-0.4, -0.2) is 22.1 Å². The van der Waals surface area contributed by atoms with E-state index in [4.69, 9.17) is 10.9 Å². The Labute approximate surface area is 113 Å². The Morgan fingerprint density at radius 3 is 2.89 bits per heavy atom. The SMILES string of the molecule is CC1CCC(NCc2cccnc2C(N)=NO)CC1. The Morgan fingerprint density at radius 1 is 1.47 bits per heavy atom. The third kappa shape index (κ3) is 3.67. The molecule has 1 heterocycles. The number of hydrogen-bond acceptors (Lipinski definition) is 4. The van der Waals surface area contributed by atoms with Crippen LogP contribution < -0.4 is 11.1 Å². The molecule has 0 atom stereocenters. The third-order valence-corrected chi connectivity index (χ3v) is 3.84. The molecule has 0 bridgehead atoms. The number of rotatable bonds is 4. The first-order valence-electron chi connectivity index (χ1n) is 6.86. The van der Waals surface area contributed by atoms with E-state index in [2.05, 4.69) is 22.4 Å². The van der Waals surface area contributed by atoms with Crippen LogP contribution in [0.1, 0.15) is 43.9 Å². The summed E-state index contributed by atoms with van der Waals surface area (Å²) < 4.78 is 0. The van der Waals surface area contributed by atoms with Gasteiger partial charge in [0, 0.05) is 18.8 Å². The summed E-state index contributed by atoms with van der Waals surface area (Å²) in [6, 6.07) is 4.39. The lowest BCUT2D eigenvalue weighted by atomic mass is 9.87. The maximum atomic E-state index is 8.76. The first kappa shape index (κ1) is 13.8. The van der Waals surface area contributed by atoms with E-state index in [0.29, 0.717) is 18.3 Å². The highest BCUT2D eigenvalue weighted by Gasteiger charge is 2.18. The van der Waals surface area contributed by atoms with Crippen LogP contribution in [0.5, 0.6) is 0 Å². The van der Waals surface area contributed by atoms with Gasteiger partial charge in [-0.3, -0.25) is 4.98 Å². The van der Waals surface area contributed by atoms with Gasteiger partial charge in [0.1, 0.15) is 5.69 Å². The van der Waals surface area contributed by atoms with Crippen LogP contribution in [0.15, 0.2) is 23.5 Å². The van der Waals surface area contributed by atoms with Gasteiger partial charge in [-0.05, 0) is 43.2 Å². The minimum Gasteiger partial charge on any atom is -0.409 e. The summed E-state index contributed by atoms with van der Waals surface area (Å²) in [5.74, 6) is 0.916. The first-order valence-corrected chi connectivity index (χ1v) is 6.86. The molecule has 5 heteroatoms. The lowest BCUT2D eigenvalue weighted by Gasteiger charge is -2.27. The van der Waals surface area contributed by atoms with Crippen molar-refractivity contribution in [1.29, 1.82) is 0 Å². The molecule has 0 spiro atoms. The van der Waals surface area contributed by atoms with Crippen LogP contribution in [-0.2, 0) is 6.54 Å². The zero-order valence-electron chi connectivity index (χ0n) is 11.3. The van der Waals surface area contributed by atoms with Crippen molar-refractivity contribution in [2.24, 2.45) is 16.8 Å². The smallest absolute Gasteiger partial charge is 0.189 e. The summed E-state index contributed by atoms with van der Waals surface area (Å²) in [5, 5.41) is 15.3. The van der Waals surface area contributed by atoms with Gasteiger partial charge in [0.25, 0.3) is 0 Å². The van der Waals surface area contributed by atoms with Crippen molar-refractivity contribution < 1.29 is 5.21 Å². The van der Waals surface area contributed by atoms with Gasteiger partial charge in [-0.25, -0.2) is 0 Å². The molecule has 4 N–H and O–H groups in total. The average Bonchev–Trinajstić information content (AvgIpc) is 2.46. The molecule has 0 aliphatic heterocycles. The van der Waals surface area contributed by atoms with Gasteiger partial charge in [0.05, 0.1) is 0 Å². The first-order chi connectivity index (χ1) is 9.20. The largest absolute Gasteiger partial charge is 0.409 e. The molecule has 104 valence electrons. The number of aromatic nitrogens is 1. The quantitative estimate of drug-likeness (QED) is 0.334. The highest BCUT2D eigenvalue weighted by atomic mass is 16.4. The molecule has 0 unspecified atom stereocenters. The van der Waals surface area contributed by atoms with Gasteiger partial charge in [-0.15, -0.1) is 0 Å². The number of hydrogen-bond donors (Lipinski definition) is 3. The Hall–Kier alpha value is -1.62. The molecule has 0 aromatic carbocycles. The lowest BCUT2D eigenvalue weighted by Crippen LogP contribution is -2.33. The second-order valence-corrected chi connectivity index (χ2v) is 5.33. The van der Waals surface area contributed by atoms with Gasteiger partial charge in [-0.1, -0.05) is 18.1 Å². The standard InChI is InChI=1S/C14H22N4O/c1-10-4-6-12(7-5-10)17-9-11-3-2-8-16-13(11)14(15)18-19/h2-3,8,10,12,17,19H,4-7,9H2,1H3,(H2,15,18). The number of nitrogens with two attached hydrogens (primary N) is 1. The van der Waals surface area contributed by atoms with E-state index in [9.17, 15) is 0 Å². The van der Waals surface area contributed by atoms with E-state index in [-0.39, 0.29) is 5.84 Å². The maximum absolute atomic E-state index is 8.76. The molecule has 1 saturated carbocycles. The van der Waals surface area contributed by atoms with Crippen LogP contribution >= 0.6 is 0 Å². The van der Waals surface area contributed by atoms with E-state index >= 15 is 0 Å². The monoisotopic (exact) mass is 262 g/mol.